The fourth-order valence-electron chi connectivity index (χ4n) is 0.798. The summed E-state index contributed by atoms with van der Waals surface area (Å²) in [6.07, 6.45) is 3.35. The van der Waals surface area contributed by atoms with Gasteiger partial charge in [-0.25, -0.2) is 0 Å². The number of thioether (sulfide) groups is 1. The predicted molar refractivity (Wildman–Crippen MR) is 54.0 cm³/mol. The molecule has 0 radical (unpaired) electrons. The molecule has 1 nitrogen and oxygen atoms in total. The Hall–Kier alpha value is 0.620. The van der Waals surface area contributed by atoms with Crippen molar-refractivity contribution < 1.29 is 0 Å². The van der Waals surface area contributed by atoms with E-state index in [1.807, 2.05) is 11.8 Å². The van der Waals surface area contributed by atoms with Crippen LogP contribution in [0.4, 0.5) is 0 Å². The summed E-state index contributed by atoms with van der Waals surface area (Å²) in [6, 6.07) is 0. The zero-order valence-corrected chi connectivity index (χ0v) is 8.85. The Balaban J connectivity index is 0.000000640. The first-order valence-corrected chi connectivity index (χ1v) is 3.83. The minimum absolute atomic E-state index is 0. The molecule has 1 heterocycles. The molecule has 0 aromatic heterocycles. The molecule has 0 bridgehead atoms. The third kappa shape index (κ3) is 2.37. The first kappa shape index (κ1) is 9.62. The summed E-state index contributed by atoms with van der Waals surface area (Å²) in [7, 11) is 2.12. The van der Waals surface area contributed by atoms with E-state index in [0.717, 1.165) is 0 Å². The molecule has 0 aliphatic carbocycles. The monoisotopic (exact) mass is 257 g/mol. The highest BCUT2D eigenvalue weighted by atomic mass is 127. The molecular formula is C6H12INS. The molecule has 54 valence electrons. The molecule has 0 saturated carbocycles. The van der Waals surface area contributed by atoms with Crippen LogP contribution in [0.2, 0.25) is 0 Å². The second-order valence-corrected chi connectivity index (χ2v) is 3.04. The third-order valence-electron chi connectivity index (χ3n) is 1.34. The summed E-state index contributed by atoms with van der Waals surface area (Å²) >= 11 is 1.90. The normalized spacial score (nSPS) is 24.2. The summed E-state index contributed by atoms with van der Waals surface area (Å²) in [5, 5.41) is 2.85. The Labute approximate surface area is 77.9 Å². The van der Waals surface area contributed by atoms with Gasteiger partial charge in [0.25, 0.3) is 0 Å². The highest BCUT2D eigenvalue weighted by Crippen LogP contribution is 2.24. The molecule has 3 heteroatoms. The minimum Gasteiger partial charge on any atom is -0.368 e. The maximum Gasteiger partial charge on any atom is 0.0780 e. The largest absolute Gasteiger partial charge is 0.368 e. The molecular weight excluding hydrogens is 245 g/mol. The van der Waals surface area contributed by atoms with E-state index in [1.54, 1.807) is 0 Å². The Morgan fingerprint density at radius 3 is 2.56 bits per heavy atom. The van der Waals surface area contributed by atoms with Crippen molar-refractivity contribution in [2.75, 3.05) is 7.05 Å². The van der Waals surface area contributed by atoms with Crippen molar-refractivity contribution in [2.45, 2.75) is 18.7 Å². The minimum atomic E-state index is 0. The van der Waals surface area contributed by atoms with Crippen molar-refractivity contribution >= 4 is 35.7 Å². The third-order valence-corrected chi connectivity index (χ3v) is 2.59. The summed E-state index contributed by atoms with van der Waals surface area (Å²) in [5.74, 6) is 0. The molecule has 1 atom stereocenters. The quantitative estimate of drug-likeness (QED) is 0.664. The van der Waals surface area contributed by atoms with Gasteiger partial charge in [-0.05, 0) is 11.8 Å². The maximum absolute atomic E-state index is 2.24. The maximum atomic E-state index is 2.24. The van der Waals surface area contributed by atoms with Crippen LogP contribution in [-0.2, 0) is 0 Å². The van der Waals surface area contributed by atoms with Crippen molar-refractivity contribution in [1.29, 1.82) is 0 Å². The molecule has 1 aliphatic heterocycles. The summed E-state index contributed by atoms with van der Waals surface area (Å²) in [4.78, 5) is 2.24. The first-order valence-electron chi connectivity index (χ1n) is 2.88. The van der Waals surface area contributed by atoms with Gasteiger partial charge in [0.2, 0.25) is 0 Å². The highest BCUT2D eigenvalue weighted by Gasteiger charge is 2.11. The van der Waals surface area contributed by atoms with Gasteiger partial charge >= 0.3 is 0 Å². The van der Waals surface area contributed by atoms with Crippen molar-refractivity contribution in [1.82, 2.24) is 4.90 Å². The van der Waals surface area contributed by atoms with Crippen LogP contribution < -0.4 is 0 Å². The summed E-state index contributed by atoms with van der Waals surface area (Å²) in [5.41, 5.74) is 0. The zero-order valence-electron chi connectivity index (χ0n) is 5.70. The van der Waals surface area contributed by atoms with Crippen LogP contribution in [0.25, 0.3) is 0 Å². The van der Waals surface area contributed by atoms with Gasteiger partial charge in [0.15, 0.2) is 0 Å². The lowest BCUT2D eigenvalue weighted by Gasteiger charge is -2.16. The lowest BCUT2D eigenvalue weighted by atomic mass is 10.4. The van der Waals surface area contributed by atoms with E-state index < -0.39 is 0 Å². The van der Waals surface area contributed by atoms with Crippen LogP contribution >= 0.6 is 35.7 Å². The molecule has 9 heavy (non-hydrogen) atoms. The molecule has 0 amide bonds. The van der Waals surface area contributed by atoms with Crippen molar-refractivity contribution in [3.05, 3.63) is 11.6 Å². The zero-order chi connectivity index (χ0) is 5.98. The molecule has 0 aromatic carbocycles. The Kier molecular flexibility index (Phi) is 4.74. The smallest absolute Gasteiger partial charge is 0.0780 e. The van der Waals surface area contributed by atoms with E-state index in [4.69, 9.17) is 0 Å². The SMILES string of the molecule is CCC1SC=CN1C.I. The number of halogens is 1. The van der Waals surface area contributed by atoms with Gasteiger partial charge in [0, 0.05) is 13.2 Å². The van der Waals surface area contributed by atoms with Gasteiger partial charge in [-0.1, -0.05) is 6.92 Å². The van der Waals surface area contributed by atoms with E-state index in [1.165, 1.54) is 6.42 Å². The van der Waals surface area contributed by atoms with E-state index in [0.29, 0.717) is 5.37 Å². The molecule has 0 saturated heterocycles. The fourth-order valence-corrected chi connectivity index (χ4v) is 1.70. The van der Waals surface area contributed by atoms with E-state index in [-0.39, 0.29) is 24.0 Å². The fraction of sp³-hybridized carbons (Fsp3) is 0.667. The number of nitrogens with zero attached hydrogens (tertiary/aromatic N) is 1. The van der Waals surface area contributed by atoms with Gasteiger partial charge in [-0.3, -0.25) is 0 Å². The van der Waals surface area contributed by atoms with E-state index >= 15 is 0 Å². The van der Waals surface area contributed by atoms with Crippen molar-refractivity contribution in [3.63, 3.8) is 0 Å². The first-order chi connectivity index (χ1) is 3.84. The second kappa shape index (κ2) is 4.44. The van der Waals surface area contributed by atoms with Crippen LogP contribution in [0.5, 0.6) is 0 Å². The lowest BCUT2D eigenvalue weighted by Crippen LogP contribution is -2.17. The average molecular weight is 257 g/mol. The average Bonchev–Trinajstić information content (AvgIpc) is 2.14. The van der Waals surface area contributed by atoms with Gasteiger partial charge in [0.1, 0.15) is 0 Å². The lowest BCUT2D eigenvalue weighted by molar-refractivity contribution is 0.428. The topological polar surface area (TPSA) is 3.24 Å². The standard InChI is InChI=1S/C6H11NS.HI/c1-3-6-7(2)4-5-8-6;/h4-6H,3H2,1-2H3;1H. The van der Waals surface area contributed by atoms with Crippen LogP contribution in [0.1, 0.15) is 13.3 Å². The number of rotatable bonds is 1. The van der Waals surface area contributed by atoms with Crippen LogP contribution in [0.15, 0.2) is 11.6 Å². The van der Waals surface area contributed by atoms with E-state index in [2.05, 4.69) is 30.5 Å². The molecule has 0 N–H and O–H groups in total. The number of hydrogen-bond acceptors (Lipinski definition) is 2. The van der Waals surface area contributed by atoms with Crippen molar-refractivity contribution in [3.8, 4) is 0 Å². The van der Waals surface area contributed by atoms with Gasteiger partial charge in [-0.15, -0.1) is 35.7 Å². The van der Waals surface area contributed by atoms with E-state index in [9.17, 15) is 0 Å². The molecule has 1 unspecified atom stereocenters. The summed E-state index contributed by atoms with van der Waals surface area (Å²) < 4.78 is 0. The summed E-state index contributed by atoms with van der Waals surface area (Å²) in [6.45, 7) is 2.21. The number of hydrogen-bond donors (Lipinski definition) is 0. The van der Waals surface area contributed by atoms with Gasteiger partial charge in [0.05, 0.1) is 5.37 Å². The Morgan fingerprint density at radius 1 is 1.67 bits per heavy atom. The second-order valence-electron chi connectivity index (χ2n) is 1.95. The Bertz CT molecular complexity index is 105. The molecule has 0 aromatic rings. The van der Waals surface area contributed by atoms with Crippen molar-refractivity contribution in [2.24, 2.45) is 0 Å². The molecule has 0 fully saturated rings. The molecule has 1 aliphatic rings. The molecule has 1 rings (SSSR count). The van der Waals surface area contributed by atoms with Gasteiger partial charge in [-0.2, -0.15) is 0 Å². The van der Waals surface area contributed by atoms with Crippen LogP contribution in [0, 0.1) is 0 Å². The van der Waals surface area contributed by atoms with Crippen LogP contribution in [-0.4, -0.2) is 17.3 Å². The highest BCUT2D eigenvalue weighted by molar-refractivity contribution is 14.0. The predicted octanol–water partition coefficient (Wildman–Crippen LogP) is 2.49. The van der Waals surface area contributed by atoms with Crippen LogP contribution in [0.3, 0.4) is 0 Å². The Morgan fingerprint density at radius 2 is 2.33 bits per heavy atom. The molecule has 0 spiro atoms. The van der Waals surface area contributed by atoms with Gasteiger partial charge < -0.3 is 4.90 Å².